The zero-order valence-corrected chi connectivity index (χ0v) is 10.5. The van der Waals surface area contributed by atoms with E-state index in [-0.39, 0.29) is 22.4 Å². The van der Waals surface area contributed by atoms with Crippen molar-refractivity contribution < 1.29 is 27.5 Å². The molecule has 0 radical (unpaired) electrons. The Balaban J connectivity index is 2.17. The predicted molar refractivity (Wildman–Crippen MR) is 63.1 cm³/mol. The molecular formula is C11H9NO6S. The van der Waals surface area contributed by atoms with Gasteiger partial charge in [0.1, 0.15) is 12.0 Å². The van der Waals surface area contributed by atoms with Crippen LogP contribution in [0.15, 0.2) is 39.8 Å². The van der Waals surface area contributed by atoms with Crippen LogP contribution in [-0.2, 0) is 9.84 Å². The van der Waals surface area contributed by atoms with E-state index in [0.29, 0.717) is 0 Å². The van der Waals surface area contributed by atoms with Crippen LogP contribution in [0.1, 0.15) is 10.5 Å². The number of oxazole rings is 1. The molecule has 8 heteroatoms. The summed E-state index contributed by atoms with van der Waals surface area (Å²) in [5.74, 6) is -0.947. The average molecular weight is 283 g/mol. The van der Waals surface area contributed by atoms with Crippen LogP contribution in [0.5, 0.6) is 11.8 Å². The molecule has 0 unspecified atom stereocenters. The molecule has 0 amide bonds. The maximum Gasteiger partial charge on any atom is 0.399 e. The smallest absolute Gasteiger partial charge is 0.399 e. The van der Waals surface area contributed by atoms with Gasteiger partial charge in [-0.2, -0.15) is 4.98 Å². The highest BCUT2D eigenvalue weighted by atomic mass is 32.2. The van der Waals surface area contributed by atoms with Gasteiger partial charge in [0.2, 0.25) is 0 Å². The van der Waals surface area contributed by atoms with E-state index >= 15 is 0 Å². The Morgan fingerprint density at radius 2 is 1.95 bits per heavy atom. The van der Waals surface area contributed by atoms with Gasteiger partial charge in [-0.1, -0.05) is 0 Å². The first kappa shape index (κ1) is 13.1. The third kappa shape index (κ3) is 3.10. The first-order chi connectivity index (χ1) is 8.86. The van der Waals surface area contributed by atoms with Crippen LogP contribution in [0, 0.1) is 0 Å². The molecule has 0 spiro atoms. The van der Waals surface area contributed by atoms with Gasteiger partial charge in [0.15, 0.2) is 15.5 Å². The van der Waals surface area contributed by atoms with Crippen LogP contribution >= 0.6 is 0 Å². The highest BCUT2D eigenvalue weighted by Gasteiger charge is 2.12. The number of hydrogen-bond acceptors (Lipinski definition) is 6. The lowest BCUT2D eigenvalue weighted by Crippen LogP contribution is -1.97. The average Bonchev–Trinajstić information content (AvgIpc) is 2.77. The van der Waals surface area contributed by atoms with Crippen molar-refractivity contribution in [2.24, 2.45) is 0 Å². The summed E-state index contributed by atoms with van der Waals surface area (Å²) in [6.07, 6.45) is 1.81. The number of hydrogen-bond donors (Lipinski definition) is 1. The van der Waals surface area contributed by atoms with E-state index in [9.17, 15) is 13.2 Å². The SMILES string of the molecule is CS(=O)(=O)c1ccc(Oc2nc(C(=O)O)co2)cc1. The van der Waals surface area contributed by atoms with Crippen molar-refractivity contribution in [3.05, 3.63) is 36.2 Å². The van der Waals surface area contributed by atoms with Gasteiger partial charge >= 0.3 is 12.0 Å². The van der Waals surface area contributed by atoms with Gasteiger partial charge in [-0.05, 0) is 24.3 Å². The fourth-order valence-corrected chi connectivity index (χ4v) is 1.89. The maximum atomic E-state index is 11.2. The minimum absolute atomic E-state index is 0.151. The molecule has 7 nitrogen and oxygen atoms in total. The molecule has 2 rings (SSSR count). The molecule has 1 heterocycles. The van der Waals surface area contributed by atoms with Crippen LogP contribution in [-0.4, -0.2) is 30.7 Å². The van der Waals surface area contributed by atoms with Crippen molar-refractivity contribution in [1.29, 1.82) is 0 Å². The van der Waals surface area contributed by atoms with Crippen molar-refractivity contribution in [3.63, 3.8) is 0 Å². The van der Waals surface area contributed by atoms with Crippen molar-refractivity contribution in [2.75, 3.05) is 6.26 Å². The number of carboxylic acid groups (broad SMARTS) is 1. The molecule has 0 bridgehead atoms. The number of nitrogens with zero attached hydrogens (tertiary/aromatic N) is 1. The molecule has 1 aromatic carbocycles. The number of rotatable bonds is 4. The number of aromatic nitrogens is 1. The lowest BCUT2D eigenvalue weighted by molar-refractivity contribution is 0.0690. The fraction of sp³-hybridized carbons (Fsp3) is 0.0909. The molecule has 0 atom stereocenters. The van der Waals surface area contributed by atoms with Crippen molar-refractivity contribution in [2.45, 2.75) is 4.90 Å². The first-order valence-electron chi connectivity index (χ1n) is 5.03. The summed E-state index contributed by atoms with van der Waals surface area (Å²) in [5, 5.41) is 8.65. The number of sulfone groups is 1. The van der Waals surface area contributed by atoms with E-state index in [1.165, 1.54) is 24.3 Å². The minimum Gasteiger partial charge on any atom is -0.476 e. The second-order valence-electron chi connectivity index (χ2n) is 3.65. The van der Waals surface area contributed by atoms with Crippen LogP contribution in [0.25, 0.3) is 0 Å². The van der Waals surface area contributed by atoms with Gasteiger partial charge in [-0.15, -0.1) is 0 Å². The predicted octanol–water partition coefficient (Wildman–Crippen LogP) is 1.57. The molecule has 0 saturated heterocycles. The van der Waals surface area contributed by atoms with Crippen LogP contribution in [0.4, 0.5) is 0 Å². The molecule has 0 fully saturated rings. The Morgan fingerprint density at radius 3 is 2.42 bits per heavy atom. The normalized spacial score (nSPS) is 11.2. The Kier molecular flexibility index (Phi) is 3.26. The zero-order chi connectivity index (χ0) is 14.0. The van der Waals surface area contributed by atoms with E-state index in [4.69, 9.17) is 14.3 Å². The summed E-state index contributed by atoms with van der Waals surface area (Å²) in [4.78, 5) is 14.3. The highest BCUT2D eigenvalue weighted by molar-refractivity contribution is 7.90. The molecule has 19 heavy (non-hydrogen) atoms. The van der Waals surface area contributed by atoms with E-state index < -0.39 is 15.8 Å². The Morgan fingerprint density at radius 1 is 1.32 bits per heavy atom. The number of benzene rings is 1. The highest BCUT2D eigenvalue weighted by Crippen LogP contribution is 2.22. The van der Waals surface area contributed by atoms with E-state index in [2.05, 4.69) is 4.98 Å². The third-order valence-electron chi connectivity index (χ3n) is 2.16. The number of carbonyl (C=O) groups is 1. The van der Waals surface area contributed by atoms with Gasteiger partial charge < -0.3 is 14.3 Å². The van der Waals surface area contributed by atoms with Crippen molar-refractivity contribution >= 4 is 15.8 Å². The van der Waals surface area contributed by atoms with E-state index in [1.54, 1.807) is 0 Å². The molecule has 1 aromatic heterocycles. The largest absolute Gasteiger partial charge is 0.476 e. The number of carboxylic acids is 1. The van der Waals surface area contributed by atoms with Gasteiger partial charge in [0.05, 0.1) is 4.90 Å². The Bertz CT molecular complexity index is 701. The summed E-state index contributed by atoms with van der Waals surface area (Å²) >= 11 is 0. The summed E-state index contributed by atoms with van der Waals surface area (Å²) < 4.78 is 32.4. The van der Waals surface area contributed by atoms with Crippen molar-refractivity contribution in [3.8, 4) is 11.8 Å². The fourth-order valence-electron chi connectivity index (χ4n) is 1.26. The molecule has 0 aliphatic heterocycles. The first-order valence-corrected chi connectivity index (χ1v) is 6.92. The van der Waals surface area contributed by atoms with Crippen LogP contribution in [0.3, 0.4) is 0 Å². The summed E-state index contributed by atoms with van der Waals surface area (Å²) in [5.41, 5.74) is -0.275. The summed E-state index contributed by atoms with van der Waals surface area (Å²) in [6, 6.07) is 5.57. The lowest BCUT2D eigenvalue weighted by Gasteiger charge is -2.01. The minimum atomic E-state index is -3.27. The van der Waals surface area contributed by atoms with Gasteiger partial charge in [0, 0.05) is 6.26 Å². The molecule has 0 aliphatic carbocycles. The van der Waals surface area contributed by atoms with Crippen LogP contribution < -0.4 is 4.74 Å². The van der Waals surface area contributed by atoms with Gasteiger partial charge in [0.25, 0.3) is 0 Å². The lowest BCUT2D eigenvalue weighted by atomic mass is 10.3. The van der Waals surface area contributed by atoms with Gasteiger partial charge in [-0.3, -0.25) is 0 Å². The standard InChI is InChI=1S/C11H9NO6S/c1-19(15,16)8-4-2-7(3-5-8)18-11-12-9(6-17-11)10(13)14/h2-6H,1H3,(H,13,14). The molecule has 100 valence electrons. The Labute approximate surface area is 108 Å². The Hall–Kier alpha value is -2.35. The van der Waals surface area contributed by atoms with Crippen LogP contribution in [0.2, 0.25) is 0 Å². The second kappa shape index (κ2) is 4.73. The van der Waals surface area contributed by atoms with Gasteiger partial charge in [-0.25, -0.2) is 13.2 Å². The topological polar surface area (TPSA) is 107 Å². The quantitative estimate of drug-likeness (QED) is 0.907. The molecule has 2 aromatic rings. The monoisotopic (exact) mass is 283 g/mol. The number of aromatic carboxylic acids is 1. The molecule has 1 N–H and O–H groups in total. The van der Waals surface area contributed by atoms with Crippen molar-refractivity contribution in [1.82, 2.24) is 4.98 Å². The third-order valence-corrected chi connectivity index (χ3v) is 3.29. The molecule has 0 aliphatic rings. The van der Waals surface area contributed by atoms with E-state index in [0.717, 1.165) is 12.5 Å². The zero-order valence-electron chi connectivity index (χ0n) is 9.73. The summed E-state index contributed by atoms with van der Waals surface area (Å²) in [7, 11) is -3.27. The molecule has 0 saturated carbocycles. The summed E-state index contributed by atoms with van der Waals surface area (Å²) in [6.45, 7) is 0. The maximum absolute atomic E-state index is 11.2. The molecular weight excluding hydrogens is 274 g/mol. The number of ether oxygens (including phenoxy) is 1. The van der Waals surface area contributed by atoms with E-state index in [1.807, 2.05) is 0 Å². The second-order valence-corrected chi connectivity index (χ2v) is 5.67.